The van der Waals surface area contributed by atoms with E-state index in [1.807, 2.05) is 12.1 Å². The molecule has 1 amide bonds. The van der Waals surface area contributed by atoms with Crippen LogP contribution in [0.5, 0.6) is 0 Å². The second-order valence-electron chi connectivity index (χ2n) is 5.64. The number of benzene rings is 2. The van der Waals surface area contributed by atoms with Crippen LogP contribution in [0, 0.1) is 0 Å². The Bertz CT molecular complexity index is 669. The minimum Gasteiger partial charge on any atom is -0.399 e. The van der Waals surface area contributed by atoms with E-state index < -0.39 is 0 Å². The zero-order chi connectivity index (χ0) is 15.4. The minimum absolute atomic E-state index is 0.0219. The molecule has 4 nitrogen and oxygen atoms in total. The number of nitrogens with two attached hydrogens (primary N) is 1. The number of nitrogens with zero attached hydrogens (tertiary/aromatic N) is 1. The third-order valence-corrected chi connectivity index (χ3v) is 3.99. The number of nitrogens with one attached hydrogen (secondary N) is 1. The van der Waals surface area contributed by atoms with Crippen molar-refractivity contribution in [2.45, 2.75) is 19.3 Å². The molecule has 0 saturated heterocycles. The molecule has 4 heteroatoms. The van der Waals surface area contributed by atoms with Gasteiger partial charge in [-0.25, -0.2) is 0 Å². The van der Waals surface area contributed by atoms with E-state index in [9.17, 15) is 4.79 Å². The van der Waals surface area contributed by atoms with Gasteiger partial charge in [0.1, 0.15) is 0 Å². The number of carbonyl (C=O) groups excluding carboxylic acids is 1. The highest BCUT2D eigenvalue weighted by atomic mass is 16.1. The van der Waals surface area contributed by atoms with Crippen molar-refractivity contribution >= 4 is 23.0 Å². The predicted molar refractivity (Wildman–Crippen MR) is 91.1 cm³/mol. The van der Waals surface area contributed by atoms with Crippen molar-refractivity contribution in [1.29, 1.82) is 0 Å². The average molecular weight is 295 g/mol. The molecular weight excluding hydrogens is 274 g/mol. The van der Waals surface area contributed by atoms with E-state index in [0.29, 0.717) is 12.1 Å². The summed E-state index contributed by atoms with van der Waals surface area (Å²) in [6, 6.07) is 15.7. The molecule has 3 rings (SSSR count). The maximum atomic E-state index is 12.1. The minimum atomic E-state index is 0.0219. The summed E-state index contributed by atoms with van der Waals surface area (Å²) in [4.78, 5) is 14.4. The lowest BCUT2D eigenvalue weighted by molar-refractivity contribution is -0.116. The molecule has 114 valence electrons. The topological polar surface area (TPSA) is 58.4 Å². The Kier molecular flexibility index (Phi) is 4.28. The van der Waals surface area contributed by atoms with Crippen LogP contribution < -0.4 is 16.0 Å². The Labute approximate surface area is 130 Å². The smallest absolute Gasteiger partial charge is 0.226 e. The molecule has 2 aromatic rings. The summed E-state index contributed by atoms with van der Waals surface area (Å²) in [5.74, 6) is 0.0219. The molecule has 0 atom stereocenters. The largest absolute Gasteiger partial charge is 0.399 e. The summed E-state index contributed by atoms with van der Waals surface area (Å²) >= 11 is 0. The molecule has 1 aliphatic rings. The van der Waals surface area contributed by atoms with Crippen LogP contribution in [0.2, 0.25) is 0 Å². The van der Waals surface area contributed by atoms with Crippen molar-refractivity contribution < 1.29 is 4.79 Å². The lowest BCUT2D eigenvalue weighted by Crippen LogP contribution is -2.32. The van der Waals surface area contributed by atoms with Gasteiger partial charge in [-0.05, 0) is 42.7 Å². The molecule has 2 aromatic carbocycles. The number of anilines is 3. The molecule has 0 aliphatic carbocycles. The SMILES string of the molecule is Nc1cccc(NC(=O)CCN2CCCc3ccccc32)c1. The Morgan fingerprint density at radius 2 is 2.05 bits per heavy atom. The highest BCUT2D eigenvalue weighted by Crippen LogP contribution is 2.26. The van der Waals surface area contributed by atoms with E-state index in [-0.39, 0.29) is 5.91 Å². The van der Waals surface area contributed by atoms with Gasteiger partial charge in [-0.2, -0.15) is 0 Å². The van der Waals surface area contributed by atoms with Crippen molar-refractivity contribution in [3.63, 3.8) is 0 Å². The second kappa shape index (κ2) is 6.52. The van der Waals surface area contributed by atoms with Crippen LogP contribution in [-0.2, 0) is 11.2 Å². The van der Waals surface area contributed by atoms with Crippen LogP contribution in [0.1, 0.15) is 18.4 Å². The van der Waals surface area contributed by atoms with Crippen molar-refractivity contribution in [2.24, 2.45) is 0 Å². The average Bonchev–Trinajstić information content (AvgIpc) is 2.53. The maximum Gasteiger partial charge on any atom is 0.226 e. The molecular formula is C18H21N3O. The summed E-state index contributed by atoms with van der Waals surface area (Å²) in [6.07, 6.45) is 2.75. The Hall–Kier alpha value is -2.49. The number of fused-ring (bicyclic) bond motifs is 1. The number of amides is 1. The van der Waals surface area contributed by atoms with Gasteiger partial charge in [-0.1, -0.05) is 24.3 Å². The zero-order valence-corrected chi connectivity index (χ0v) is 12.6. The number of aryl methyl sites for hydroxylation is 1. The van der Waals surface area contributed by atoms with E-state index in [0.717, 1.165) is 31.6 Å². The predicted octanol–water partition coefficient (Wildman–Crippen LogP) is 3.05. The Morgan fingerprint density at radius 1 is 1.18 bits per heavy atom. The number of rotatable bonds is 4. The molecule has 0 saturated carbocycles. The van der Waals surface area contributed by atoms with E-state index in [1.54, 1.807) is 12.1 Å². The van der Waals surface area contributed by atoms with Crippen LogP contribution in [0.15, 0.2) is 48.5 Å². The Morgan fingerprint density at radius 3 is 2.91 bits per heavy atom. The number of hydrogen-bond acceptors (Lipinski definition) is 3. The molecule has 0 fully saturated rings. The number of nitrogen functional groups attached to an aromatic ring is 1. The maximum absolute atomic E-state index is 12.1. The molecule has 0 spiro atoms. The van der Waals surface area contributed by atoms with E-state index in [4.69, 9.17) is 5.73 Å². The van der Waals surface area contributed by atoms with Crippen molar-refractivity contribution in [2.75, 3.05) is 29.0 Å². The first kappa shape index (κ1) is 14.4. The summed E-state index contributed by atoms with van der Waals surface area (Å²) in [7, 11) is 0. The van der Waals surface area contributed by atoms with Gasteiger partial charge < -0.3 is 16.0 Å². The van der Waals surface area contributed by atoms with Gasteiger partial charge in [0.2, 0.25) is 5.91 Å². The fourth-order valence-corrected chi connectivity index (χ4v) is 2.92. The van der Waals surface area contributed by atoms with Gasteiger partial charge in [0.15, 0.2) is 0 Å². The van der Waals surface area contributed by atoms with Crippen LogP contribution in [0.3, 0.4) is 0 Å². The molecule has 0 unspecified atom stereocenters. The standard InChI is InChI=1S/C18H21N3O/c19-15-7-3-8-16(13-15)20-18(22)10-12-21-11-4-6-14-5-1-2-9-17(14)21/h1-3,5,7-9,13H,4,6,10-12,19H2,(H,20,22). The fraction of sp³-hybridized carbons (Fsp3) is 0.278. The second-order valence-corrected chi connectivity index (χ2v) is 5.64. The first-order chi connectivity index (χ1) is 10.7. The molecule has 22 heavy (non-hydrogen) atoms. The summed E-state index contributed by atoms with van der Waals surface area (Å²) in [6.45, 7) is 1.76. The monoisotopic (exact) mass is 295 g/mol. The molecule has 0 radical (unpaired) electrons. The molecule has 0 aromatic heterocycles. The highest BCUT2D eigenvalue weighted by Gasteiger charge is 2.16. The molecule has 0 bridgehead atoms. The van der Waals surface area contributed by atoms with Crippen molar-refractivity contribution in [3.05, 3.63) is 54.1 Å². The van der Waals surface area contributed by atoms with E-state index in [2.05, 4.69) is 34.5 Å². The van der Waals surface area contributed by atoms with Crippen molar-refractivity contribution in [1.82, 2.24) is 0 Å². The van der Waals surface area contributed by atoms with Crippen LogP contribution >= 0.6 is 0 Å². The molecule has 1 aliphatic heterocycles. The molecule has 1 heterocycles. The summed E-state index contributed by atoms with van der Waals surface area (Å²) in [5.41, 5.74) is 9.78. The normalized spacial score (nSPS) is 13.5. The summed E-state index contributed by atoms with van der Waals surface area (Å²) < 4.78 is 0. The van der Waals surface area contributed by atoms with Gasteiger partial charge in [0, 0.05) is 36.6 Å². The number of carbonyl (C=O) groups is 1. The van der Waals surface area contributed by atoms with Gasteiger partial charge in [-0.15, -0.1) is 0 Å². The van der Waals surface area contributed by atoms with Crippen LogP contribution in [0.4, 0.5) is 17.1 Å². The van der Waals surface area contributed by atoms with Gasteiger partial charge in [-0.3, -0.25) is 4.79 Å². The first-order valence-corrected chi connectivity index (χ1v) is 7.70. The van der Waals surface area contributed by atoms with E-state index in [1.165, 1.54) is 11.3 Å². The third kappa shape index (κ3) is 3.39. The highest BCUT2D eigenvalue weighted by molar-refractivity contribution is 5.91. The van der Waals surface area contributed by atoms with E-state index >= 15 is 0 Å². The zero-order valence-electron chi connectivity index (χ0n) is 12.6. The molecule has 3 N–H and O–H groups in total. The van der Waals surface area contributed by atoms with Crippen molar-refractivity contribution in [3.8, 4) is 0 Å². The van der Waals surface area contributed by atoms with Crippen LogP contribution in [-0.4, -0.2) is 19.0 Å². The first-order valence-electron chi connectivity index (χ1n) is 7.70. The Balaban J connectivity index is 1.58. The number of para-hydroxylation sites is 1. The lowest BCUT2D eigenvalue weighted by Gasteiger charge is -2.31. The summed E-state index contributed by atoms with van der Waals surface area (Å²) in [5, 5.41) is 2.90. The quantitative estimate of drug-likeness (QED) is 0.852. The van der Waals surface area contributed by atoms with Crippen LogP contribution in [0.25, 0.3) is 0 Å². The number of hydrogen-bond donors (Lipinski definition) is 2. The van der Waals surface area contributed by atoms with Gasteiger partial charge in [0.05, 0.1) is 0 Å². The lowest BCUT2D eigenvalue weighted by atomic mass is 10.0. The van der Waals surface area contributed by atoms with Gasteiger partial charge >= 0.3 is 0 Å². The fourth-order valence-electron chi connectivity index (χ4n) is 2.92. The van der Waals surface area contributed by atoms with Gasteiger partial charge in [0.25, 0.3) is 0 Å². The third-order valence-electron chi connectivity index (χ3n) is 3.99.